The third-order valence-corrected chi connectivity index (χ3v) is 8.65. The van der Waals surface area contributed by atoms with Crippen molar-refractivity contribution in [2.45, 2.75) is 23.6 Å². The van der Waals surface area contributed by atoms with Gasteiger partial charge in [0.05, 0.1) is 32.8 Å². The molecule has 0 bridgehead atoms. The van der Waals surface area contributed by atoms with Crippen molar-refractivity contribution in [1.82, 2.24) is 4.98 Å². The number of azo groups is 1. The molecule has 5 rings (SSSR count). The molecule has 0 unspecified atom stereocenters. The van der Waals surface area contributed by atoms with Crippen LogP contribution < -0.4 is 4.74 Å². The Balaban J connectivity index is 0.00000387. The van der Waals surface area contributed by atoms with Gasteiger partial charge in [0.15, 0.2) is 5.75 Å². The monoisotopic (exact) mass is 622 g/mol. The second-order valence-electron chi connectivity index (χ2n) is 8.71. The summed E-state index contributed by atoms with van der Waals surface area (Å²) in [5.41, 5.74) is 2.58. The van der Waals surface area contributed by atoms with Gasteiger partial charge in [-0.25, -0.2) is 4.98 Å². The molecule has 1 radical (unpaired) electrons. The summed E-state index contributed by atoms with van der Waals surface area (Å²) in [4.78, 5) is 3.23. The maximum Gasteiger partial charge on any atom is 0.296 e. The Morgan fingerprint density at radius 1 is 0.927 bits per heavy atom. The van der Waals surface area contributed by atoms with E-state index in [1.807, 2.05) is 19.1 Å². The molecule has 11 nitrogen and oxygen atoms in total. The van der Waals surface area contributed by atoms with Crippen molar-refractivity contribution in [3.8, 4) is 22.1 Å². The third-order valence-electron chi connectivity index (χ3n) is 5.89. The summed E-state index contributed by atoms with van der Waals surface area (Å²) in [5, 5.41) is 19.5. The Hall–Kier alpha value is -2.95. The van der Waals surface area contributed by atoms with Gasteiger partial charge in [-0.15, -0.1) is 16.5 Å². The number of hydrogen-bond donors (Lipinski definition) is 3. The summed E-state index contributed by atoms with van der Waals surface area (Å²) in [6, 6.07) is 15.6. The van der Waals surface area contributed by atoms with E-state index in [0.29, 0.717) is 5.69 Å². The van der Waals surface area contributed by atoms with E-state index in [2.05, 4.69) is 21.3 Å². The molecular weight excluding hydrogens is 601 g/mol. The number of hydrogen-bond acceptors (Lipinski definition) is 10. The molecule has 41 heavy (non-hydrogen) atoms. The van der Waals surface area contributed by atoms with Crippen molar-refractivity contribution >= 4 is 93.5 Å². The van der Waals surface area contributed by atoms with Gasteiger partial charge in [0.2, 0.25) is 0 Å². The topological polar surface area (TPSA) is 176 Å². The number of ether oxygens (including phenoxy) is 1. The number of aryl methyl sites for hydroxylation is 1. The van der Waals surface area contributed by atoms with Crippen LogP contribution in [-0.4, -0.2) is 72.2 Å². The van der Waals surface area contributed by atoms with Gasteiger partial charge in [0, 0.05) is 41.2 Å². The first-order chi connectivity index (χ1) is 18.8. The third kappa shape index (κ3) is 6.44. The molecule has 4 aromatic carbocycles. The van der Waals surface area contributed by atoms with Crippen LogP contribution in [0.25, 0.3) is 31.6 Å². The first-order valence-corrected chi connectivity index (χ1v) is 15.4. The van der Waals surface area contributed by atoms with Crippen LogP contribution in [0.4, 0.5) is 11.4 Å². The van der Waals surface area contributed by atoms with E-state index >= 15 is 0 Å². The Morgan fingerprint density at radius 2 is 1.63 bits per heavy atom. The second-order valence-corrected chi connectivity index (χ2v) is 12.6. The van der Waals surface area contributed by atoms with Crippen LogP contribution in [0.5, 0.6) is 11.5 Å². The van der Waals surface area contributed by atoms with Crippen LogP contribution in [0.3, 0.4) is 0 Å². The summed E-state index contributed by atoms with van der Waals surface area (Å²) in [6.45, 7) is 3.67. The quantitative estimate of drug-likeness (QED) is 0.111. The zero-order valence-electron chi connectivity index (χ0n) is 21.9. The Bertz CT molecular complexity index is 2040. The Labute approximate surface area is 261 Å². The molecule has 0 saturated carbocycles. The fourth-order valence-electron chi connectivity index (χ4n) is 4.07. The van der Waals surface area contributed by atoms with Crippen molar-refractivity contribution < 1.29 is 35.8 Å². The molecule has 15 heteroatoms. The molecule has 0 aliphatic carbocycles. The standard InChI is InChI=1S/C26H21N3O8S3.Na/c1-3-37-20-13-18(39(31,32)33)11-16-12-22(40(34,35)36)24(25(30)23(16)20)29-28-17-7-5-15(6-8-17)26-27-19-9-4-14(2)10-21(19)38-26;/h4-13,30H,3H2,1-2H3,(H,31,32,33)(H,34,35,36);. The summed E-state index contributed by atoms with van der Waals surface area (Å²) in [5.74, 6) is -0.876. The maximum absolute atomic E-state index is 12.2. The van der Waals surface area contributed by atoms with Crippen LogP contribution in [0.2, 0.25) is 0 Å². The maximum atomic E-state index is 12.2. The minimum absolute atomic E-state index is 0. The molecule has 0 fully saturated rings. The molecule has 0 spiro atoms. The molecule has 0 aliphatic heterocycles. The number of phenols is 1. The average molecular weight is 623 g/mol. The van der Waals surface area contributed by atoms with Crippen LogP contribution in [-0.2, 0) is 20.2 Å². The van der Waals surface area contributed by atoms with Gasteiger partial charge in [-0.05, 0) is 73.3 Å². The van der Waals surface area contributed by atoms with Gasteiger partial charge in [-0.1, -0.05) is 6.07 Å². The summed E-state index contributed by atoms with van der Waals surface area (Å²) < 4.78 is 73.7. The number of rotatable bonds is 7. The van der Waals surface area contributed by atoms with Gasteiger partial charge in [-0.2, -0.15) is 21.9 Å². The van der Waals surface area contributed by atoms with Crippen LogP contribution in [0.1, 0.15) is 12.5 Å². The fourth-order valence-corrected chi connectivity index (χ4v) is 6.33. The smallest absolute Gasteiger partial charge is 0.296 e. The van der Waals surface area contributed by atoms with E-state index < -0.39 is 41.5 Å². The largest absolute Gasteiger partial charge is 0.505 e. The normalized spacial score (nSPS) is 12.2. The molecule has 5 aromatic rings. The Morgan fingerprint density at radius 3 is 2.27 bits per heavy atom. The molecule has 0 atom stereocenters. The van der Waals surface area contributed by atoms with E-state index in [0.717, 1.165) is 44.6 Å². The van der Waals surface area contributed by atoms with E-state index in [1.165, 1.54) is 11.3 Å². The predicted molar refractivity (Wildman–Crippen MR) is 156 cm³/mol. The summed E-state index contributed by atoms with van der Waals surface area (Å²) in [7, 11) is -9.66. The van der Waals surface area contributed by atoms with Gasteiger partial charge < -0.3 is 9.84 Å². The number of benzene rings is 4. The summed E-state index contributed by atoms with van der Waals surface area (Å²) in [6.07, 6.45) is 0. The molecule has 207 valence electrons. The number of phenolic OH excluding ortho intramolecular Hbond substituents is 1. The van der Waals surface area contributed by atoms with Crippen LogP contribution >= 0.6 is 11.3 Å². The molecule has 3 N–H and O–H groups in total. The number of nitrogens with zero attached hydrogens (tertiary/aromatic N) is 3. The fraction of sp³-hybridized carbons (Fsp3) is 0.115. The van der Waals surface area contributed by atoms with Crippen molar-refractivity contribution in [1.29, 1.82) is 0 Å². The molecule has 0 amide bonds. The predicted octanol–water partition coefficient (Wildman–Crippen LogP) is 6.06. The van der Waals surface area contributed by atoms with E-state index in [-0.39, 0.29) is 52.7 Å². The second kappa shape index (κ2) is 11.7. The van der Waals surface area contributed by atoms with Gasteiger partial charge in [0.25, 0.3) is 20.2 Å². The van der Waals surface area contributed by atoms with Gasteiger partial charge in [0.1, 0.15) is 21.3 Å². The minimum atomic E-state index is -4.96. The first kappa shape index (κ1) is 31.0. The van der Waals surface area contributed by atoms with Crippen molar-refractivity contribution in [2.24, 2.45) is 10.2 Å². The van der Waals surface area contributed by atoms with Crippen molar-refractivity contribution in [2.75, 3.05) is 6.61 Å². The minimum Gasteiger partial charge on any atom is -0.505 e. The average Bonchev–Trinajstić information content (AvgIpc) is 3.30. The zero-order valence-corrected chi connectivity index (χ0v) is 26.4. The molecule has 1 heterocycles. The SMILES string of the molecule is CCOc1cc(S(=O)(=O)O)cc2cc(S(=O)(=O)O)c(N=Nc3ccc(-c4nc5ccc(C)cc5s4)cc3)c(O)c12.[Na]. The number of aromatic nitrogens is 1. The molecule has 1 aromatic heterocycles. The number of thiazole rings is 1. The molecule has 0 saturated heterocycles. The number of fused-ring (bicyclic) bond motifs is 2. The first-order valence-electron chi connectivity index (χ1n) is 11.7. The van der Waals surface area contributed by atoms with E-state index in [4.69, 9.17) is 4.74 Å². The zero-order chi connectivity index (χ0) is 28.8. The van der Waals surface area contributed by atoms with Crippen molar-refractivity contribution in [3.63, 3.8) is 0 Å². The van der Waals surface area contributed by atoms with E-state index in [1.54, 1.807) is 31.2 Å². The van der Waals surface area contributed by atoms with Gasteiger partial charge in [-0.3, -0.25) is 9.11 Å². The number of aromatic hydroxyl groups is 1. The Kier molecular flexibility index (Phi) is 8.87. The summed E-state index contributed by atoms with van der Waals surface area (Å²) >= 11 is 1.54. The van der Waals surface area contributed by atoms with Crippen LogP contribution in [0.15, 0.2) is 80.7 Å². The van der Waals surface area contributed by atoms with Crippen molar-refractivity contribution in [3.05, 3.63) is 66.2 Å². The molecular formula is C26H21N3NaO8S3. The van der Waals surface area contributed by atoms with E-state index in [9.17, 15) is 31.0 Å². The van der Waals surface area contributed by atoms with Gasteiger partial charge >= 0.3 is 0 Å². The van der Waals surface area contributed by atoms with Crippen LogP contribution in [0, 0.1) is 6.92 Å². The molecule has 0 aliphatic rings.